The standard InChI is InChI=1S/C14H12BrF3N2/c1-20(13-7-6-11(15)8-19-13)9-10-4-2-3-5-12(10)14(16,17)18/h2-8H,9H2,1H3. The molecule has 1 aromatic carbocycles. The fourth-order valence-corrected chi connectivity index (χ4v) is 2.10. The van der Waals surface area contributed by atoms with Gasteiger partial charge in [0.05, 0.1) is 5.56 Å². The van der Waals surface area contributed by atoms with Gasteiger partial charge in [-0.05, 0) is 39.7 Å². The molecular formula is C14H12BrF3N2. The van der Waals surface area contributed by atoms with Gasteiger partial charge in [0.15, 0.2) is 0 Å². The van der Waals surface area contributed by atoms with Gasteiger partial charge in [-0.25, -0.2) is 4.98 Å². The Morgan fingerprint density at radius 1 is 1.15 bits per heavy atom. The third kappa shape index (κ3) is 3.50. The van der Waals surface area contributed by atoms with Crippen molar-refractivity contribution in [2.45, 2.75) is 12.7 Å². The van der Waals surface area contributed by atoms with E-state index >= 15 is 0 Å². The Labute approximate surface area is 123 Å². The van der Waals surface area contributed by atoms with Crippen LogP contribution < -0.4 is 4.90 Å². The van der Waals surface area contributed by atoms with Crippen molar-refractivity contribution in [1.82, 2.24) is 4.98 Å². The van der Waals surface area contributed by atoms with E-state index < -0.39 is 11.7 Å². The van der Waals surface area contributed by atoms with Gasteiger partial charge in [0.2, 0.25) is 0 Å². The molecule has 0 saturated carbocycles. The number of rotatable bonds is 3. The first-order chi connectivity index (χ1) is 9.38. The minimum absolute atomic E-state index is 0.143. The quantitative estimate of drug-likeness (QED) is 0.814. The molecule has 1 aromatic heterocycles. The maximum absolute atomic E-state index is 12.9. The maximum atomic E-state index is 12.9. The predicted octanol–water partition coefficient (Wildman–Crippen LogP) is 4.50. The molecule has 0 unspecified atom stereocenters. The molecule has 0 aliphatic heterocycles. The summed E-state index contributed by atoms with van der Waals surface area (Å²) in [6.45, 7) is 0.143. The summed E-state index contributed by atoms with van der Waals surface area (Å²) < 4.78 is 39.6. The SMILES string of the molecule is CN(Cc1ccccc1C(F)(F)F)c1ccc(Br)cn1. The number of anilines is 1. The lowest BCUT2D eigenvalue weighted by molar-refractivity contribution is -0.138. The number of hydrogen-bond donors (Lipinski definition) is 0. The largest absolute Gasteiger partial charge is 0.416 e. The van der Waals surface area contributed by atoms with Crippen LogP contribution in [0.15, 0.2) is 47.1 Å². The summed E-state index contributed by atoms with van der Waals surface area (Å²) in [6, 6.07) is 9.13. The number of alkyl halides is 3. The van der Waals surface area contributed by atoms with E-state index in [1.165, 1.54) is 12.1 Å². The average Bonchev–Trinajstić information content (AvgIpc) is 2.38. The summed E-state index contributed by atoms with van der Waals surface area (Å²) in [5.41, 5.74) is -0.379. The molecule has 2 rings (SSSR count). The van der Waals surface area contributed by atoms with Crippen LogP contribution in [-0.4, -0.2) is 12.0 Å². The van der Waals surface area contributed by atoms with Crippen LogP contribution in [-0.2, 0) is 12.7 Å². The number of hydrogen-bond acceptors (Lipinski definition) is 2. The molecule has 0 saturated heterocycles. The molecule has 6 heteroatoms. The zero-order valence-electron chi connectivity index (χ0n) is 10.7. The molecule has 0 fully saturated rings. The van der Waals surface area contributed by atoms with Crippen LogP contribution in [0.5, 0.6) is 0 Å². The molecule has 2 aromatic rings. The van der Waals surface area contributed by atoms with E-state index in [0.29, 0.717) is 5.82 Å². The zero-order chi connectivity index (χ0) is 14.8. The Kier molecular flexibility index (Phi) is 4.32. The second-order valence-electron chi connectivity index (χ2n) is 4.35. The summed E-state index contributed by atoms with van der Waals surface area (Å²) in [5.74, 6) is 0.616. The van der Waals surface area contributed by atoms with Crippen molar-refractivity contribution in [1.29, 1.82) is 0 Å². The summed E-state index contributed by atoms with van der Waals surface area (Å²) in [6.07, 6.45) is -2.73. The van der Waals surface area contributed by atoms with E-state index in [-0.39, 0.29) is 12.1 Å². The van der Waals surface area contributed by atoms with Gasteiger partial charge in [0, 0.05) is 24.3 Å². The van der Waals surface area contributed by atoms with E-state index in [4.69, 9.17) is 0 Å². The first-order valence-corrected chi connectivity index (χ1v) is 6.65. The van der Waals surface area contributed by atoms with Crippen LogP contribution in [0.4, 0.5) is 19.0 Å². The van der Waals surface area contributed by atoms with Gasteiger partial charge < -0.3 is 4.90 Å². The smallest absolute Gasteiger partial charge is 0.355 e. The second kappa shape index (κ2) is 5.83. The topological polar surface area (TPSA) is 16.1 Å². The summed E-state index contributed by atoms with van der Waals surface area (Å²) in [5, 5.41) is 0. The highest BCUT2D eigenvalue weighted by atomic mass is 79.9. The Morgan fingerprint density at radius 3 is 2.45 bits per heavy atom. The van der Waals surface area contributed by atoms with Crippen LogP contribution in [0.2, 0.25) is 0 Å². The van der Waals surface area contributed by atoms with Gasteiger partial charge in [0.1, 0.15) is 5.82 Å². The van der Waals surface area contributed by atoms with E-state index in [0.717, 1.165) is 10.5 Å². The monoisotopic (exact) mass is 344 g/mol. The fraction of sp³-hybridized carbons (Fsp3) is 0.214. The molecule has 20 heavy (non-hydrogen) atoms. The Hall–Kier alpha value is -1.56. The van der Waals surface area contributed by atoms with Crippen molar-refractivity contribution in [3.05, 3.63) is 58.2 Å². The van der Waals surface area contributed by atoms with Crippen molar-refractivity contribution in [3.63, 3.8) is 0 Å². The molecular weight excluding hydrogens is 333 g/mol. The predicted molar refractivity (Wildman–Crippen MR) is 75.5 cm³/mol. The van der Waals surface area contributed by atoms with E-state index in [1.807, 2.05) is 0 Å². The Balaban J connectivity index is 2.24. The zero-order valence-corrected chi connectivity index (χ0v) is 12.2. The van der Waals surface area contributed by atoms with Crippen molar-refractivity contribution < 1.29 is 13.2 Å². The summed E-state index contributed by atoms with van der Waals surface area (Å²) >= 11 is 3.27. The van der Waals surface area contributed by atoms with E-state index in [2.05, 4.69) is 20.9 Å². The van der Waals surface area contributed by atoms with E-state index in [9.17, 15) is 13.2 Å². The normalized spacial score (nSPS) is 11.4. The van der Waals surface area contributed by atoms with Crippen molar-refractivity contribution in [2.24, 2.45) is 0 Å². The number of pyridine rings is 1. The molecule has 0 aliphatic rings. The second-order valence-corrected chi connectivity index (χ2v) is 5.26. The van der Waals surface area contributed by atoms with Crippen molar-refractivity contribution >= 4 is 21.7 Å². The fourth-order valence-electron chi connectivity index (χ4n) is 1.87. The van der Waals surface area contributed by atoms with Gasteiger partial charge >= 0.3 is 6.18 Å². The lowest BCUT2D eigenvalue weighted by atomic mass is 10.1. The third-order valence-electron chi connectivity index (χ3n) is 2.83. The van der Waals surface area contributed by atoms with Crippen LogP contribution in [0, 0.1) is 0 Å². The van der Waals surface area contributed by atoms with Gasteiger partial charge in [0.25, 0.3) is 0 Å². The molecule has 0 spiro atoms. The van der Waals surface area contributed by atoms with Gasteiger partial charge in [-0.1, -0.05) is 18.2 Å². The number of nitrogens with zero attached hydrogens (tertiary/aromatic N) is 2. The molecule has 1 heterocycles. The van der Waals surface area contributed by atoms with Crippen molar-refractivity contribution in [2.75, 3.05) is 11.9 Å². The van der Waals surface area contributed by atoms with E-state index in [1.54, 1.807) is 36.3 Å². The number of benzene rings is 1. The highest BCUT2D eigenvalue weighted by Crippen LogP contribution is 2.32. The lowest BCUT2D eigenvalue weighted by Crippen LogP contribution is -2.20. The van der Waals surface area contributed by atoms with Crippen LogP contribution >= 0.6 is 15.9 Å². The van der Waals surface area contributed by atoms with Gasteiger partial charge in [-0.15, -0.1) is 0 Å². The number of aromatic nitrogens is 1. The molecule has 0 radical (unpaired) electrons. The highest BCUT2D eigenvalue weighted by molar-refractivity contribution is 9.10. The summed E-state index contributed by atoms with van der Waals surface area (Å²) in [4.78, 5) is 5.84. The first kappa shape index (κ1) is 14.8. The third-order valence-corrected chi connectivity index (χ3v) is 3.30. The first-order valence-electron chi connectivity index (χ1n) is 5.86. The average molecular weight is 345 g/mol. The van der Waals surface area contributed by atoms with Crippen LogP contribution in [0.3, 0.4) is 0 Å². The number of halogens is 4. The van der Waals surface area contributed by atoms with Crippen molar-refractivity contribution in [3.8, 4) is 0 Å². The Bertz CT molecular complexity index is 582. The lowest BCUT2D eigenvalue weighted by Gasteiger charge is -2.21. The van der Waals surface area contributed by atoms with Crippen LogP contribution in [0.1, 0.15) is 11.1 Å². The maximum Gasteiger partial charge on any atom is 0.416 e. The molecule has 0 N–H and O–H groups in total. The minimum atomic E-state index is -4.34. The molecule has 106 valence electrons. The molecule has 0 atom stereocenters. The van der Waals surface area contributed by atoms with Gasteiger partial charge in [-0.2, -0.15) is 13.2 Å². The Morgan fingerprint density at radius 2 is 1.85 bits per heavy atom. The molecule has 0 aliphatic carbocycles. The van der Waals surface area contributed by atoms with Gasteiger partial charge in [-0.3, -0.25) is 0 Å². The van der Waals surface area contributed by atoms with Crippen LogP contribution in [0.25, 0.3) is 0 Å². The highest BCUT2D eigenvalue weighted by Gasteiger charge is 2.33. The molecule has 0 bridgehead atoms. The molecule has 2 nitrogen and oxygen atoms in total. The summed E-state index contributed by atoms with van der Waals surface area (Å²) in [7, 11) is 1.71. The minimum Gasteiger partial charge on any atom is -0.355 e. The molecule has 0 amide bonds.